The van der Waals surface area contributed by atoms with E-state index in [4.69, 9.17) is 9.47 Å². The number of amides is 2. The summed E-state index contributed by atoms with van der Waals surface area (Å²) in [4.78, 5) is 48.1. The Morgan fingerprint density at radius 1 is 1.12 bits per heavy atom. The molecule has 1 unspecified atom stereocenters. The molecule has 1 aliphatic carbocycles. The summed E-state index contributed by atoms with van der Waals surface area (Å²) in [6.45, 7) is 0.0235. The fourth-order valence-electron chi connectivity index (χ4n) is 6.57. The first-order valence-electron chi connectivity index (χ1n) is 16.0. The highest BCUT2D eigenvalue weighted by atomic mass is 16.7. The lowest BCUT2D eigenvalue weighted by atomic mass is 9.96. The number of nitrogens with one attached hydrogen (secondary N) is 1. The Morgan fingerprint density at radius 2 is 1.88 bits per heavy atom. The molecule has 6 rings (SSSR count). The minimum Gasteiger partial charge on any atom is -0.479 e. The predicted molar refractivity (Wildman–Crippen MR) is 173 cm³/mol. The highest BCUT2D eigenvalue weighted by Crippen LogP contribution is 2.37. The second-order valence-electron chi connectivity index (χ2n) is 12.4. The van der Waals surface area contributed by atoms with Gasteiger partial charge in [-0.1, -0.05) is 31.0 Å². The van der Waals surface area contributed by atoms with E-state index < -0.39 is 48.8 Å². The van der Waals surface area contributed by atoms with Gasteiger partial charge in [-0.2, -0.15) is 10.4 Å². The zero-order chi connectivity index (χ0) is 35.5. The number of ether oxygens (including phenoxy) is 2. The summed E-state index contributed by atoms with van der Waals surface area (Å²) in [5, 5.41) is 56.5. The zero-order valence-electron chi connectivity index (χ0n) is 26.9. The van der Waals surface area contributed by atoms with Crippen molar-refractivity contribution in [1.29, 1.82) is 5.26 Å². The number of para-hydroxylation sites is 1. The molecule has 5 N–H and O–H groups in total. The van der Waals surface area contributed by atoms with E-state index in [0.717, 1.165) is 31.2 Å². The number of hydrogen-bond acceptors (Lipinski definition) is 12. The molecule has 3 aromatic heterocycles. The summed E-state index contributed by atoms with van der Waals surface area (Å²) >= 11 is 0. The van der Waals surface area contributed by atoms with Gasteiger partial charge in [0.15, 0.2) is 11.8 Å². The summed E-state index contributed by atoms with van der Waals surface area (Å²) in [6, 6.07) is 10.1. The molecule has 2 aliphatic rings. The van der Waals surface area contributed by atoms with E-state index >= 15 is 0 Å². The molecule has 17 nitrogen and oxygen atoms in total. The molecule has 17 heteroatoms. The lowest BCUT2D eigenvalue weighted by Crippen LogP contribution is -2.60. The topological polar surface area (TPSA) is 238 Å². The number of benzene rings is 1. The minimum atomic E-state index is -1.94. The van der Waals surface area contributed by atoms with Crippen LogP contribution in [0.15, 0.2) is 55.2 Å². The number of fused-ring (bicyclic) bond motifs is 1. The molecule has 50 heavy (non-hydrogen) atoms. The quantitative estimate of drug-likeness (QED) is 0.170. The van der Waals surface area contributed by atoms with E-state index in [1.807, 2.05) is 10.9 Å². The number of aliphatic hydroxyl groups is 3. The number of hydrogen-bond donors (Lipinski definition) is 5. The van der Waals surface area contributed by atoms with Crippen molar-refractivity contribution in [1.82, 2.24) is 29.2 Å². The number of nitriles is 1. The molecule has 1 aliphatic heterocycles. The number of aliphatic carboxylic acids is 1. The number of aromatic nitrogens is 5. The van der Waals surface area contributed by atoms with Crippen LogP contribution in [0.2, 0.25) is 0 Å². The van der Waals surface area contributed by atoms with Crippen molar-refractivity contribution < 1.29 is 44.3 Å². The first-order chi connectivity index (χ1) is 24.1. The van der Waals surface area contributed by atoms with E-state index in [0.29, 0.717) is 34.6 Å². The van der Waals surface area contributed by atoms with Crippen LogP contribution in [-0.4, -0.2) is 105 Å². The van der Waals surface area contributed by atoms with Gasteiger partial charge >= 0.3 is 18.1 Å². The summed E-state index contributed by atoms with van der Waals surface area (Å²) in [7, 11) is 1.57. The van der Waals surface area contributed by atoms with Gasteiger partial charge in [0.1, 0.15) is 24.6 Å². The minimum absolute atomic E-state index is 0.0222. The molecular weight excluding hydrogens is 652 g/mol. The van der Waals surface area contributed by atoms with Gasteiger partial charge in [0.05, 0.1) is 30.4 Å². The predicted octanol–water partition coefficient (Wildman–Crippen LogP) is 2.48. The second kappa shape index (κ2) is 14.6. The Morgan fingerprint density at radius 3 is 2.62 bits per heavy atom. The second-order valence-corrected chi connectivity index (χ2v) is 12.4. The monoisotopic (exact) mass is 688 g/mol. The zero-order valence-corrected chi connectivity index (χ0v) is 26.9. The first-order valence-corrected chi connectivity index (χ1v) is 16.0. The van der Waals surface area contributed by atoms with Crippen molar-refractivity contribution in [2.45, 2.75) is 75.4 Å². The van der Waals surface area contributed by atoms with E-state index in [-0.39, 0.29) is 18.3 Å². The standard InChI is InChI=1S/C33H36N8O9/c1-39(15-19-8-4-5-9-22(19)38-32(47)50-31-27(44)25(42)26(43)28(49-31)30(45)46)33(48)40-13-11-21-24(35-17-36-29(21)40)20-14-37-41(16-20)23(10-12-34)18-6-2-3-7-18/h4-5,8-9,11,13-14,16-18,23,25-28,31,42-44H,2-3,6-7,10,15H2,1H3,(H,38,47)(H,45,46)/t23-,25+,26+,27-,28+,31?/m1/s1. The van der Waals surface area contributed by atoms with E-state index in [2.05, 4.69) is 26.5 Å². The van der Waals surface area contributed by atoms with Crippen molar-refractivity contribution in [3.8, 4) is 17.3 Å². The molecule has 4 heterocycles. The van der Waals surface area contributed by atoms with Crippen LogP contribution in [0.3, 0.4) is 0 Å². The fourth-order valence-corrected chi connectivity index (χ4v) is 6.57. The van der Waals surface area contributed by atoms with Gasteiger partial charge < -0.3 is 34.8 Å². The Bertz CT molecular complexity index is 1920. The molecule has 262 valence electrons. The highest BCUT2D eigenvalue weighted by Gasteiger charge is 2.48. The summed E-state index contributed by atoms with van der Waals surface area (Å²) < 4.78 is 13.3. The van der Waals surface area contributed by atoms with Crippen molar-refractivity contribution >= 4 is 34.8 Å². The van der Waals surface area contributed by atoms with Gasteiger partial charge in [-0.05, 0) is 36.5 Å². The van der Waals surface area contributed by atoms with Crippen LogP contribution in [0, 0.1) is 17.2 Å². The SMILES string of the molecule is CN(Cc1ccccc1NC(=O)OC1O[C@H](C(=O)O)[C@@H](O)[C@H](O)[C@H]1O)C(=O)n1ccc2c(-c3cnn([C@H](CC#N)C4CCCC4)c3)ncnc21. The molecule has 4 aromatic rings. The number of nitrogens with zero attached hydrogens (tertiary/aromatic N) is 7. The number of rotatable bonds is 9. The van der Waals surface area contributed by atoms with E-state index in [1.54, 1.807) is 49.8 Å². The summed E-state index contributed by atoms with van der Waals surface area (Å²) in [6.07, 6.45) is 0.571. The Hall–Kier alpha value is -5.41. The number of carbonyl (C=O) groups excluding carboxylic acids is 2. The maximum Gasteiger partial charge on any atom is 0.414 e. The van der Waals surface area contributed by atoms with Crippen LogP contribution < -0.4 is 5.32 Å². The van der Waals surface area contributed by atoms with E-state index in [1.165, 1.54) is 15.8 Å². The molecule has 1 aromatic carbocycles. The maximum atomic E-state index is 13.7. The molecule has 0 spiro atoms. The van der Waals surface area contributed by atoms with Gasteiger partial charge in [0, 0.05) is 42.6 Å². The average Bonchev–Trinajstić information content (AvgIpc) is 3.90. The number of carbonyl (C=O) groups is 3. The summed E-state index contributed by atoms with van der Waals surface area (Å²) in [5.74, 6) is -1.23. The third kappa shape index (κ3) is 6.87. The number of carboxylic acids is 1. The van der Waals surface area contributed by atoms with Crippen LogP contribution in [0.25, 0.3) is 22.3 Å². The molecule has 0 radical (unpaired) electrons. The van der Waals surface area contributed by atoms with Crippen LogP contribution in [-0.2, 0) is 20.8 Å². The normalized spacial score (nSPS) is 22.9. The van der Waals surface area contributed by atoms with Crippen molar-refractivity contribution in [3.63, 3.8) is 0 Å². The van der Waals surface area contributed by atoms with Crippen molar-refractivity contribution in [2.75, 3.05) is 12.4 Å². The maximum absolute atomic E-state index is 13.7. The highest BCUT2D eigenvalue weighted by molar-refractivity contribution is 5.96. The lowest BCUT2D eigenvalue weighted by Gasteiger charge is -2.37. The fraction of sp³-hybridized carbons (Fsp3) is 0.424. The molecule has 6 atom stereocenters. The van der Waals surface area contributed by atoms with Crippen LogP contribution >= 0.6 is 0 Å². The smallest absolute Gasteiger partial charge is 0.414 e. The number of carboxylic acid groups (broad SMARTS) is 1. The van der Waals surface area contributed by atoms with E-state index in [9.17, 15) is 40.1 Å². The molecular formula is C33H36N8O9. The molecule has 1 saturated heterocycles. The number of aliphatic hydroxyl groups excluding tert-OH is 3. The van der Waals surface area contributed by atoms with Crippen molar-refractivity contribution in [2.24, 2.45) is 5.92 Å². The number of anilines is 1. The third-order valence-electron chi connectivity index (χ3n) is 9.17. The molecule has 2 fully saturated rings. The Labute approximate surface area is 285 Å². The van der Waals surface area contributed by atoms with Crippen molar-refractivity contribution in [3.05, 3.63) is 60.8 Å². The molecule has 0 bridgehead atoms. The van der Waals surface area contributed by atoms with Gasteiger partial charge in [-0.15, -0.1) is 0 Å². The summed E-state index contributed by atoms with van der Waals surface area (Å²) in [5.41, 5.74) is 2.44. The first kappa shape index (κ1) is 34.5. The third-order valence-corrected chi connectivity index (χ3v) is 9.17. The van der Waals surface area contributed by atoms with Gasteiger partial charge in [0.2, 0.25) is 6.29 Å². The average molecular weight is 689 g/mol. The molecule has 1 saturated carbocycles. The Kier molecular flexibility index (Phi) is 10.1. The van der Waals surface area contributed by atoms with Crippen LogP contribution in [0.1, 0.15) is 43.7 Å². The van der Waals surface area contributed by atoms with Crippen LogP contribution in [0.5, 0.6) is 0 Å². The van der Waals surface area contributed by atoms with Gasteiger partial charge in [-0.3, -0.25) is 14.6 Å². The van der Waals surface area contributed by atoms with Crippen LogP contribution in [0.4, 0.5) is 15.3 Å². The molecule has 2 amide bonds. The Balaban J connectivity index is 1.15. The largest absolute Gasteiger partial charge is 0.479 e. The van der Waals surface area contributed by atoms with Gasteiger partial charge in [-0.25, -0.2) is 24.4 Å². The lowest BCUT2D eigenvalue weighted by molar-refractivity contribution is -0.277. The van der Waals surface area contributed by atoms with Gasteiger partial charge in [0.25, 0.3) is 0 Å².